The second kappa shape index (κ2) is 8.57. The van der Waals surface area contributed by atoms with E-state index in [-0.39, 0.29) is 29.7 Å². The summed E-state index contributed by atoms with van der Waals surface area (Å²) in [5.41, 5.74) is 1.52. The van der Waals surface area contributed by atoms with Gasteiger partial charge in [0.2, 0.25) is 0 Å². The van der Waals surface area contributed by atoms with Crippen LogP contribution in [0.1, 0.15) is 26.5 Å². The van der Waals surface area contributed by atoms with E-state index < -0.39 is 11.7 Å². The van der Waals surface area contributed by atoms with E-state index in [1.165, 1.54) is 29.1 Å². The molecule has 2 N–H and O–H groups in total. The molecule has 28 heavy (non-hydrogen) atoms. The van der Waals surface area contributed by atoms with Gasteiger partial charge in [-0.25, -0.2) is 9.07 Å². The Bertz CT molecular complexity index is 1010. The summed E-state index contributed by atoms with van der Waals surface area (Å²) < 4.78 is 14.7. The van der Waals surface area contributed by atoms with Crippen molar-refractivity contribution < 1.29 is 14.0 Å². The molecule has 0 spiro atoms. The number of nitrogens with one attached hydrogen (secondary N) is 2. The molecule has 0 radical (unpaired) electrons. The Morgan fingerprint density at radius 2 is 1.93 bits per heavy atom. The topological polar surface area (TPSA) is 102 Å². The second-order valence-electron chi connectivity index (χ2n) is 5.79. The Hall–Kier alpha value is -3.33. The van der Waals surface area contributed by atoms with Crippen molar-refractivity contribution >= 4 is 23.4 Å². The molecular weight excluding hydrogens is 387 g/mol. The third kappa shape index (κ3) is 4.32. The quantitative estimate of drug-likeness (QED) is 0.613. The lowest BCUT2D eigenvalue weighted by Crippen LogP contribution is -2.35. The van der Waals surface area contributed by atoms with Gasteiger partial charge in [-0.05, 0) is 37.3 Å². The molecule has 2 amide bonds. The highest BCUT2D eigenvalue weighted by Crippen LogP contribution is 2.20. The number of aromatic nitrogens is 4. The first-order valence-corrected chi connectivity index (χ1v) is 8.69. The van der Waals surface area contributed by atoms with Gasteiger partial charge in [0.15, 0.2) is 5.69 Å². The number of hydrogen-bond donors (Lipinski definition) is 2. The van der Waals surface area contributed by atoms with E-state index in [0.717, 1.165) is 0 Å². The largest absolute Gasteiger partial charge is 0.350 e. The van der Waals surface area contributed by atoms with Crippen LogP contribution in [0.15, 0.2) is 42.7 Å². The van der Waals surface area contributed by atoms with Crippen molar-refractivity contribution in [3.63, 3.8) is 0 Å². The van der Waals surface area contributed by atoms with E-state index >= 15 is 0 Å². The Kier molecular flexibility index (Phi) is 5.95. The Balaban J connectivity index is 1.57. The van der Waals surface area contributed by atoms with Crippen LogP contribution in [-0.2, 0) is 0 Å². The van der Waals surface area contributed by atoms with Gasteiger partial charge in [0.05, 0.1) is 22.0 Å². The molecule has 1 aromatic carbocycles. The number of rotatable bonds is 6. The van der Waals surface area contributed by atoms with E-state index in [2.05, 4.69) is 25.9 Å². The van der Waals surface area contributed by atoms with Crippen molar-refractivity contribution in [1.29, 1.82) is 0 Å². The van der Waals surface area contributed by atoms with Crippen molar-refractivity contribution in [2.75, 3.05) is 13.1 Å². The van der Waals surface area contributed by atoms with E-state index in [9.17, 15) is 14.0 Å². The van der Waals surface area contributed by atoms with Gasteiger partial charge in [0, 0.05) is 25.5 Å². The van der Waals surface area contributed by atoms with Crippen LogP contribution in [0.5, 0.6) is 0 Å². The molecule has 0 bridgehead atoms. The van der Waals surface area contributed by atoms with E-state index in [4.69, 9.17) is 11.6 Å². The lowest BCUT2D eigenvalue weighted by molar-refractivity contribution is 0.0924. The lowest BCUT2D eigenvalue weighted by Gasteiger charge is -2.07. The van der Waals surface area contributed by atoms with Crippen LogP contribution in [0.4, 0.5) is 4.39 Å². The number of halogens is 2. The molecule has 0 fully saturated rings. The average Bonchev–Trinajstić information content (AvgIpc) is 3.09. The van der Waals surface area contributed by atoms with Crippen LogP contribution in [0, 0.1) is 12.7 Å². The molecule has 2 heterocycles. The molecule has 0 aliphatic rings. The normalized spacial score (nSPS) is 10.5. The summed E-state index contributed by atoms with van der Waals surface area (Å²) in [6, 6.07) is 7.40. The monoisotopic (exact) mass is 402 g/mol. The molecule has 0 saturated heterocycles. The molecule has 0 unspecified atom stereocenters. The van der Waals surface area contributed by atoms with Crippen molar-refractivity contribution in [2.24, 2.45) is 0 Å². The average molecular weight is 403 g/mol. The van der Waals surface area contributed by atoms with Gasteiger partial charge in [-0.2, -0.15) is 0 Å². The van der Waals surface area contributed by atoms with E-state index in [1.807, 2.05) is 0 Å². The third-order valence-corrected chi connectivity index (χ3v) is 4.17. The van der Waals surface area contributed by atoms with Crippen LogP contribution in [0.2, 0.25) is 5.02 Å². The zero-order valence-corrected chi connectivity index (χ0v) is 15.6. The maximum absolute atomic E-state index is 13.3. The van der Waals surface area contributed by atoms with Crippen LogP contribution >= 0.6 is 11.6 Å². The fraction of sp³-hybridized carbons (Fsp3) is 0.167. The minimum absolute atomic E-state index is 0.0530. The third-order valence-electron chi connectivity index (χ3n) is 3.88. The highest BCUT2D eigenvalue weighted by atomic mass is 35.5. The summed E-state index contributed by atoms with van der Waals surface area (Å²) in [5, 5.41) is 13.1. The van der Waals surface area contributed by atoms with Gasteiger partial charge in [0.1, 0.15) is 5.82 Å². The predicted octanol–water partition coefficient (Wildman–Crippen LogP) is 1.92. The molecular formula is C18H16ClFN6O2. The summed E-state index contributed by atoms with van der Waals surface area (Å²) in [6.07, 6.45) is 3.03. The summed E-state index contributed by atoms with van der Waals surface area (Å²) in [6.45, 7) is 2.11. The zero-order valence-electron chi connectivity index (χ0n) is 14.8. The summed E-state index contributed by atoms with van der Waals surface area (Å²) >= 11 is 5.79. The van der Waals surface area contributed by atoms with E-state index in [0.29, 0.717) is 16.9 Å². The van der Waals surface area contributed by atoms with Gasteiger partial charge >= 0.3 is 0 Å². The highest BCUT2D eigenvalue weighted by Gasteiger charge is 2.17. The van der Waals surface area contributed by atoms with Gasteiger partial charge in [-0.15, -0.1) is 5.10 Å². The van der Waals surface area contributed by atoms with E-state index in [1.54, 1.807) is 25.3 Å². The number of hydrogen-bond acceptors (Lipinski definition) is 5. The first kappa shape index (κ1) is 19.4. The Labute approximate surface area is 164 Å². The van der Waals surface area contributed by atoms with Crippen molar-refractivity contribution in [3.8, 4) is 5.69 Å². The smallest absolute Gasteiger partial charge is 0.273 e. The molecule has 0 atom stereocenters. The molecule has 144 valence electrons. The standard InChI is InChI=1S/C18H16ClFN6O2/c1-11-16(24-25-26(11)13-4-5-15(20)14(19)9-13)18(28)23-8-7-22-17(27)12-3-2-6-21-10-12/h2-6,9-10H,7-8H2,1H3,(H,22,27)(H,23,28). The summed E-state index contributed by atoms with van der Waals surface area (Å²) in [7, 11) is 0. The number of nitrogens with zero attached hydrogens (tertiary/aromatic N) is 4. The molecule has 2 aromatic heterocycles. The SMILES string of the molecule is Cc1c(C(=O)NCCNC(=O)c2cccnc2)nnn1-c1ccc(F)c(Cl)c1. The summed E-state index contributed by atoms with van der Waals surface area (Å²) in [5.74, 6) is -1.26. The molecule has 0 aliphatic carbocycles. The van der Waals surface area contributed by atoms with Crippen molar-refractivity contribution in [1.82, 2.24) is 30.6 Å². The van der Waals surface area contributed by atoms with Crippen LogP contribution in [0.25, 0.3) is 5.69 Å². The first-order valence-electron chi connectivity index (χ1n) is 8.31. The highest BCUT2D eigenvalue weighted by molar-refractivity contribution is 6.30. The minimum Gasteiger partial charge on any atom is -0.350 e. The molecule has 10 heteroatoms. The van der Waals surface area contributed by atoms with Crippen molar-refractivity contribution in [2.45, 2.75) is 6.92 Å². The fourth-order valence-corrected chi connectivity index (χ4v) is 2.61. The number of amides is 2. The van der Waals surface area contributed by atoms with Gasteiger partial charge in [-0.1, -0.05) is 16.8 Å². The number of carbonyl (C=O) groups is 2. The number of benzene rings is 1. The Morgan fingerprint density at radius 1 is 1.18 bits per heavy atom. The molecule has 0 saturated carbocycles. The second-order valence-corrected chi connectivity index (χ2v) is 6.19. The maximum atomic E-state index is 13.3. The Morgan fingerprint density at radius 3 is 2.61 bits per heavy atom. The van der Waals surface area contributed by atoms with Crippen LogP contribution in [0.3, 0.4) is 0 Å². The summed E-state index contributed by atoms with van der Waals surface area (Å²) in [4.78, 5) is 28.1. The lowest BCUT2D eigenvalue weighted by atomic mass is 10.2. The van der Waals surface area contributed by atoms with Crippen LogP contribution < -0.4 is 10.6 Å². The minimum atomic E-state index is -0.547. The van der Waals surface area contributed by atoms with Crippen molar-refractivity contribution in [3.05, 3.63) is 70.5 Å². The fourth-order valence-electron chi connectivity index (χ4n) is 2.44. The number of pyridine rings is 1. The number of carbonyl (C=O) groups excluding carboxylic acids is 2. The van der Waals surface area contributed by atoms with Crippen LogP contribution in [-0.4, -0.2) is 44.9 Å². The molecule has 3 aromatic rings. The molecule has 0 aliphatic heterocycles. The molecule has 8 nitrogen and oxygen atoms in total. The van der Waals surface area contributed by atoms with Gasteiger partial charge in [-0.3, -0.25) is 14.6 Å². The van der Waals surface area contributed by atoms with Gasteiger partial charge < -0.3 is 10.6 Å². The molecule has 3 rings (SSSR count). The maximum Gasteiger partial charge on any atom is 0.273 e. The first-order chi connectivity index (χ1) is 13.5. The van der Waals surface area contributed by atoms with Gasteiger partial charge in [0.25, 0.3) is 11.8 Å². The zero-order chi connectivity index (χ0) is 20.1. The predicted molar refractivity (Wildman–Crippen MR) is 100.0 cm³/mol.